The highest BCUT2D eigenvalue weighted by Crippen LogP contribution is 2.46. The van der Waals surface area contributed by atoms with E-state index in [0.717, 1.165) is 23.6 Å². The molecule has 1 unspecified atom stereocenters. The number of hydrogen-bond donors (Lipinski definition) is 3. The van der Waals surface area contributed by atoms with Crippen LogP contribution in [0.1, 0.15) is 64.8 Å². The standard InChI is InChI=1S/C22H26N4O4/c27-18-4-3-17(19(28)25-18)26-20(29)15-2-1-13(11-16(15)21(26)30)12-24-22(7-8-22)14-5-9-23-10-6-14/h1-2,11,14,17,23-24H,3-10,12H2,(H,25,27,28). The molecule has 4 aliphatic rings. The molecule has 3 heterocycles. The molecule has 158 valence electrons. The predicted molar refractivity (Wildman–Crippen MR) is 108 cm³/mol. The number of hydrogen-bond acceptors (Lipinski definition) is 6. The van der Waals surface area contributed by atoms with E-state index >= 15 is 0 Å². The van der Waals surface area contributed by atoms with Crippen molar-refractivity contribution in [3.05, 3.63) is 34.9 Å². The molecule has 30 heavy (non-hydrogen) atoms. The van der Waals surface area contributed by atoms with Gasteiger partial charge in [0.05, 0.1) is 11.1 Å². The summed E-state index contributed by atoms with van der Waals surface area (Å²) in [5.41, 5.74) is 1.84. The van der Waals surface area contributed by atoms with Crippen molar-refractivity contribution in [3.8, 4) is 0 Å². The van der Waals surface area contributed by atoms with Gasteiger partial charge in [0.15, 0.2) is 0 Å². The molecular formula is C22H26N4O4. The van der Waals surface area contributed by atoms with E-state index in [-0.39, 0.29) is 24.3 Å². The Balaban J connectivity index is 1.30. The van der Waals surface area contributed by atoms with Crippen LogP contribution in [0.2, 0.25) is 0 Å². The number of benzene rings is 1. The molecule has 4 amide bonds. The lowest BCUT2D eigenvalue weighted by molar-refractivity contribution is -0.136. The number of imide groups is 2. The number of nitrogens with one attached hydrogen (secondary N) is 3. The van der Waals surface area contributed by atoms with Crippen LogP contribution in [0, 0.1) is 5.92 Å². The van der Waals surface area contributed by atoms with E-state index in [2.05, 4.69) is 16.0 Å². The highest BCUT2D eigenvalue weighted by molar-refractivity contribution is 6.23. The number of carbonyl (C=O) groups excluding carboxylic acids is 4. The monoisotopic (exact) mass is 410 g/mol. The van der Waals surface area contributed by atoms with E-state index in [1.54, 1.807) is 12.1 Å². The maximum absolute atomic E-state index is 13.0. The summed E-state index contributed by atoms with van der Waals surface area (Å²) < 4.78 is 0. The van der Waals surface area contributed by atoms with Crippen molar-refractivity contribution in [1.29, 1.82) is 0 Å². The van der Waals surface area contributed by atoms with Crippen molar-refractivity contribution < 1.29 is 19.2 Å². The van der Waals surface area contributed by atoms with Crippen molar-refractivity contribution in [3.63, 3.8) is 0 Å². The normalized spacial score (nSPS) is 26.0. The van der Waals surface area contributed by atoms with Crippen LogP contribution >= 0.6 is 0 Å². The fourth-order valence-corrected chi connectivity index (χ4v) is 5.14. The Bertz CT molecular complexity index is 933. The number of fused-ring (bicyclic) bond motifs is 1. The first-order chi connectivity index (χ1) is 14.5. The largest absolute Gasteiger partial charge is 0.317 e. The summed E-state index contributed by atoms with van der Waals surface area (Å²) in [7, 11) is 0. The van der Waals surface area contributed by atoms with Gasteiger partial charge in [-0.1, -0.05) is 6.07 Å². The summed E-state index contributed by atoms with van der Waals surface area (Å²) in [6.45, 7) is 2.79. The van der Waals surface area contributed by atoms with E-state index < -0.39 is 23.8 Å². The van der Waals surface area contributed by atoms with E-state index in [0.29, 0.717) is 23.6 Å². The van der Waals surface area contributed by atoms with E-state index in [4.69, 9.17) is 0 Å². The van der Waals surface area contributed by atoms with Crippen LogP contribution in [0.4, 0.5) is 0 Å². The number of nitrogens with zero attached hydrogens (tertiary/aromatic N) is 1. The first-order valence-electron chi connectivity index (χ1n) is 10.8. The second-order valence-corrected chi connectivity index (χ2v) is 8.86. The number of rotatable bonds is 5. The van der Waals surface area contributed by atoms with Crippen molar-refractivity contribution in [2.75, 3.05) is 13.1 Å². The van der Waals surface area contributed by atoms with Crippen molar-refractivity contribution in [2.45, 2.75) is 56.7 Å². The summed E-state index contributed by atoms with van der Waals surface area (Å²) in [6.07, 6.45) is 5.03. The molecule has 8 nitrogen and oxygen atoms in total. The van der Waals surface area contributed by atoms with Crippen LogP contribution in [-0.2, 0) is 16.1 Å². The smallest absolute Gasteiger partial charge is 0.262 e. The van der Waals surface area contributed by atoms with Gasteiger partial charge < -0.3 is 10.6 Å². The Hall–Kier alpha value is -2.58. The first kappa shape index (κ1) is 19.4. The third-order valence-electron chi connectivity index (χ3n) is 7.06. The molecule has 1 saturated carbocycles. The Morgan fingerprint density at radius 1 is 1.00 bits per heavy atom. The summed E-state index contributed by atoms with van der Waals surface area (Å²) in [5.74, 6) is -1.19. The van der Waals surface area contributed by atoms with Gasteiger partial charge in [0.1, 0.15) is 6.04 Å². The van der Waals surface area contributed by atoms with E-state index in [1.807, 2.05) is 6.07 Å². The minimum Gasteiger partial charge on any atom is -0.317 e. The van der Waals surface area contributed by atoms with Gasteiger partial charge in [0.2, 0.25) is 11.8 Å². The van der Waals surface area contributed by atoms with Crippen molar-refractivity contribution in [2.24, 2.45) is 5.92 Å². The van der Waals surface area contributed by atoms with Gasteiger partial charge in [0, 0.05) is 18.5 Å². The molecule has 1 aromatic carbocycles. The lowest BCUT2D eigenvalue weighted by atomic mass is 9.88. The van der Waals surface area contributed by atoms with E-state index in [1.165, 1.54) is 25.7 Å². The van der Waals surface area contributed by atoms with Gasteiger partial charge in [-0.3, -0.25) is 29.4 Å². The summed E-state index contributed by atoms with van der Waals surface area (Å²) >= 11 is 0. The number of carbonyl (C=O) groups is 4. The van der Waals surface area contributed by atoms with Gasteiger partial charge in [-0.05, 0) is 68.8 Å². The van der Waals surface area contributed by atoms with Crippen LogP contribution < -0.4 is 16.0 Å². The molecule has 2 saturated heterocycles. The molecule has 3 fully saturated rings. The third-order valence-corrected chi connectivity index (χ3v) is 7.06. The van der Waals surface area contributed by atoms with Gasteiger partial charge in [-0.2, -0.15) is 0 Å². The van der Waals surface area contributed by atoms with Crippen LogP contribution in [0.3, 0.4) is 0 Å². The Morgan fingerprint density at radius 3 is 2.43 bits per heavy atom. The van der Waals surface area contributed by atoms with Gasteiger partial charge in [-0.15, -0.1) is 0 Å². The van der Waals surface area contributed by atoms with Gasteiger partial charge in [0.25, 0.3) is 11.8 Å². The fourth-order valence-electron chi connectivity index (χ4n) is 5.14. The molecule has 1 aliphatic carbocycles. The van der Waals surface area contributed by atoms with Crippen LogP contribution in [-0.4, -0.2) is 53.2 Å². The van der Waals surface area contributed by atoms with Crippen LogP contribution in [0.5, 0.6) is 0 Å². The fraction of sp³-hybridized carbons (Fsp3) is 0.545. The number of amides is 4. The molecular weight excluding hydrogens is 384 g/mol. The minimum absolute atomic E-state index is 0.123. The summed E-state index contributed by atoms with van der Waals surface area (Å²) in [4.78, 5) is 50.4. The van der Waals surface area contributed by atoms with Gasteiger partial charge >= 0.3 is 0 Å². The lowest BCUT2D eigenvalue weighted by Crippen LogP contribution is -2.54. The van der Waals surface area contributed by atoms with Gasteiger partial charge in [-0.25, -0.2) is 0 Å². The second-order valence-electron chi connectivity index (χ2n) is 8.86. The molecule has 0 aromatic heterocycles. The first-order valence-corrected chi connectivity index (χ1v) is 10.8. The molecule has 3 aliphatic heterocycles. The number of piperidine rings is 2. The van der Waals surface area contributed by atoms with Crippen LogP contribution in [0.25, 0.3) is 0 Å². The third kappa shape index (κ3) is 3.24. The molecule has 8 heteroatoms. The zero-order valence-corrected chi connectivity index (χ0v) is 16.8. The average Bonchev–Trinajstić information content (AvgIpc) is 3.51. The molecule has 1 atom stereocenters. The Labute approximate surface area is 174 Å². The topological polar surface area (TPSA) is 108 Å². The second kappa shape index (κ2) is 7.28. The maximum Gasteiger partial charge on any atom is 0.262 e. The highest BCUT2D eigenvalue weighted by Gasteiger charge is 2.49. The quantitative estimate of drug-likeness (QED) is 0.617. The average molecular weight is 410 g/mol. The maximum atomic E-state index is 13.0. The Kier molecular flexibility index (Phi) is 4.71. The molecule has 0 bridgehead atoms. The van der Waals surface area contributed by atoms with E-state index in [9.17, 15) is 19.2 Å². The lowest BCUT2D eigenvalue weighted by Gasteiger charge is -2.32. The zero-order valence-electron chi connectivity index (χ0n) is 16.8. The summed E-state index contributed by atoms with van der Waals surface area (Å²) in [5, 5.41) is 9.36. The van der Waals surface area contributed by atoms with Crippen molar-refractivity contribution >= 4 is 23.6 Å². The molecule has 1 aromatic rings. The zero-order chi connectivity index (χ0) is 20.9. The van der Waals surface area contributed by atoms with Crippen LogP contribution in [0.15, 0.2) is 18.2 Å². The minimum atomic E-state index is -0.925. The Morgan fingerprint density at radius 2 is 1.73 bits per heavy atom. The SMILES string of the molecule is O=C1CCC(N2C(=O)c3ccc(CNC4(C5CCNCC5)CC4)cc3C2=O)C(=O)N1. The predicted octanol–water partition coefficient (Wildman–Crippen LogP) is 0.710. The highest BCUT2D eigenvalue weighted by atomic mass is 16.2. The molecule has 3 N–H and O–H groups in total. The summed E-state index contributed by atoms with van der Waals surface area (Å²) in [6, 6.07) is 4.41. The van der Waals surface area contributed by atoms with Crippen molar-refractivity contribution in [1.82, 2.24) is 20.9 Å². The molecule has 0 spiro atoms. The molecule has 5 rings (SSSR count). The molecule has 0 radical (unpaired) electrons.